The molecule has 1 aromatic carbocycles. The smallest absolute Gasteiger partial charge is 0.416 e. The van der Waals surface area contributed by atoms with Gasteiger partial charge in [-0.2, -0.15) is 13.2 Å². The Morgan fingerprint density at radius 2 is 2.05 bits per heavy atom. The van der Waals surface area contributed by atoms with Crippen LogP contribution in [0.5, 0.6) is 5.75 Å². The van der Waals surface area contributed by atoms with Crippen LogP contribution in [-0.2, 0) is 15.7 Å². The summed E-state index contributed by atoms with van der Waals surface area (Å²) in [5.74, 6) is -2.04. The summed E-state index contributed by atoms with van der Waals surface area (Å²) in [5, 5.41) is 18.5. The van der Waals surface area contributed by atoms with Crippen molar-refractivity contribution in [2.45, 2.75) is 19.2 Å². The van der Waals surface area contributed by atoms with Gasteiger partial charge in [-0.3, -0.25) is 0 Å². The molecule has 0 saturated carbocycles. The van der Waals surface area contributed by atoms with E-state index in [1.54, 1.807) is 0 Å². The van der Waals surface area contributed by atoms with Crippen molar-refractivity contribution in [3.8, 4) is 5.75 Å². The summed E-state index contributed by atoms with van der Waals surface area (Å²) in [4.78, 5) is 11.3. The number of alkyl halides is 3. The van der Waals surface area contributed by atoms with E-state index in [0.717, 1.165) is 0 Å². The first-order valence-electron chi connectivity index (χ1n) is 5.12. The molecule has 1 rings (SSSR count). The second-order valence-electron chi connectivity index (χ2n) is 3.54. The number of esters is 1. The average molecular weight is 299 g/mol. The number of phenols is 1. The molecule has 0 saturated heterocycles. The first-order valence-corrected chi connectivity index (χ1v) is 5.50. The molecular weight excluding hydrogens is 289 g/mol. The fourth-order valence-electron chi connectivity index (χ4n) is 1.38. The standard InChI is InChI=1S/C11H10ClF3O4/c1-2-19-10(18)9(17)8-6(12)3-5(4-7(8)16)11(13,14)15/h3-4,9,16-17H,2H2,1H3. The highest BCUT2D eigenvalue weighted by Gasteiger charge is 2.34. The van der Waals surface area contributed by atoms with Crippen molar-refractivity contribution >= 4 is 17.6 Å². The largest absolute Gasteiger partial charge is 0.507 e. The van der Waals surface area contributed by atoms with Crippen LogP contribution < -0.4 is 0 Å². The molecule has 8 heteroatoms. The van der Waals surface area contributed by atoms with E-state index in [4.69, 9.17) is 11.6 Å². The highest BCUT2D eigenvalue weighted by atomic mass is 35.5. The van der Waals surface area contributed by atoms with Crippen LogP contribution in [0, 0.1) is 0 Å². The molecule has 0 radical (unpaired) electrons. The van der Waals surface area contributed by atoms with Gasteiger partial charge in [0.25, 0.3) is 0 Å². The second kappa shape index (κ2) is 5.66. The number of aromatic hydroxyl groups is 1. The van der Waals surface area contributed by atoms with E-state index in [1.807, 2.05) is 0 Å². The van der Waals surface area contributed by atoms with E-state index in [9.17, 15) is 28.2 Å². The lowest BCUT2D eigenvalue weighted by atomic mass is 10.0. The van der Waals surface area contributed by atoms with E-state index < -0.39 is 40.1 Å². The molecule has 106 valence electrons. The molecule has 0 fully saturated rings. The predicted molar refractivity (Wildman–Crippen MR) is 59.7 cm³/mol. The number of benzene rings is 1. The number of aliphatic hydroxyl groups excluding tert-OH is 1. The molecule has 1 unspecified atom stereocenters. The summed E-state index contributed by atoms with van der Waals surface area (Å²) in [6.45, 7) is 1.45. The maximum Gasteiger partial charge on any atom is 0.416 e. The maximum atomic E-state index is 12.4. The van der Waals surface area contributed by atoms with Crippen LogP contribution in [0.15, 0.2) is 12.1 Å². The fraction of sp³-hybridized carbons (Fsp3) is 0.364. The van der Waals surface area contributed by atoms with Crippen LogP contribution in [0.1, 0.15) is 24.2 Å². The monoisotopic (exact) mass is 298 g/mol. The highest BCUT2D eigenvalue weighted by Crippen LogP contribution is 2.39. The highest BCUT2D eigenvalue weighted by molar-refractivity contribution is 6.32. The zero-order valence-corrected chi connectivity index (χ0v) is 10.4. The molecule has 1 aromatic rings. The third-order valence-corrected chi connectivity index (χ3v) is 2.53. The molecule has 0 bridgehead atoms. The van der Waals surface area contributed by atoms with E-state index >= 15 is 0 Å². The third kappa shape index (κ3) is 3.51. The van der Waals surface area contributed by atoms with Gasteiger partial charge >= 0.3 is 12.1 Å². The number of carbonyl (C=O) groups is 1. The summed E-state index contributed by atoms with van der Waals surface area (Å²) in [6, 6.07) is 0.892. The molecule has 2 N–H and O–H groups in total. The Hall–Kier alpha value is -1.47. The molecule has 0 spiro atoms. The number of halogens is 4. The van der Waals surface area contributed by atoms with Crippen LogP contribution in [0.3, 0.4) is 0 Å². The Morgan fingerprint density at radius 1 is 1.47 bits per heavy atom. The number of carbonyl (C=O) groups excluding carboxylic acids is 1. The number of aliphatic hydroxyl groups is 1. The third-order valence-electron chi connectivity index (χ3n) is 2.22. The summed E-state index contributed by atoms with van der Waals surface area (Å²) in [7, 11) is 0. The topological polar surface area (TPSA) is 66.8 Å². The summed E-state index contributed by atoms with van der Waals surface area (Å²) in [5.41, 5.74) is -1.71. The average Bonchev–Trinajstić information content (AvgIpc) is 2.26. The number of hydrogen-bond donors (Lipinski definition) is 2. The predicted octanol–water partition coefficient (Wildman–Crippen LogP) is 2.66. The Kier molecular flexibility index (Phi) is 4.65. The van der Waals surface area contributed by atoms with Crippen molar-refractivity contribution in [1.82, 2.24) is 0 Å². The zero-order valence-electron chi connectivity index (χ0n) is 9.66. The van der Waals surface area contributed by atoms with E-state index in [1.165, 1.54) is 6.92 Å². The number of rotatable bonds is 3. The van der Waals surface area contributed by atoms with Gasteiger partial charge in [0.2, 0.25) is 0 Å². The lowest BCUT2D eigenvalue weighted by Crippen LogP contribution is -2.16. The van der Waals surface area contributed by atoms with Crippen LogP contribution in [0.4, 0.5) is 13.2 Å². The van der Waals surface area contributed by atoms with Gasteiger partial charge in [-0.1, -0.05) is 11.6 Å². The van der Waals surface area contributed by atoms with Gasteiger partial charge in [-0.05, 0) is 19.1 Å². The van der Waals surface area contributed by atoms with Gasteiger partial charge in [0, 0.05) is 0 Å². The van der Waals surface area contributed by atoms with E-state index in [0.29, 0.717) is 12.1 Å². The fourth-order valence-corrected chi connectivity index (χ4v) is 1.69. The van der Waals surface area contributed by atoms with Crippen LogP contribution in [-0.4, -0.2) is 22.8 Å². The molecule has 19 heavy (non-hydrogen) atoms. The SMILES string of the molecule is CCOC(=O)C(O)c1c(O)cc(C(F)(F)F)cc1Cl. The van der Waals surface area contributed by atoms with Gasteiger partial charge in [-0.25, -0.2) is 4.79 Å². The van der Waals surface area contributed by atoms with E-state index in [2.05, 4.69) is 4.74 Å². The minimum Gasteiger partial charge on any atom is -0.507 e. The van der Waals surface area contributed by atoms with Gasteiger partial charge in [0.1, 0.15) is 5.75 Å². The van der Waals surface area contributed by atoms with Crippen molar-refractivity contribution in [3.05, 3.63) is 28.3 Å². The molecule has 1 atom stereocenters. The number of ether oxygens (including phenoxy) is 1. The van der Waals surface area contributed by atoms with Crippen LogP contribution in [0.25, 0.3) is 0 Å². The first-order chi connectivity index (χ1) is 8.68. The Labute approximate surface area is 111 Å². The lowest BCUT2D eigenvalue weighted by Gasteiger charge is -2.15. The maximum absolute atomic E-state index is 12.4. The van der Waals surface area contributed by atoms with Gasteiger partial charge in [0.15, 0.2) is 6.10 Å². The van der Waals surface area contributed by atoms with Crippen molar-refractivity contribution in [2.75, 3.05) is 6.61 Å². The molecule has 0 amide bonds. The zero-order chi connectivity index (χ0) is 14.8. The second-order valence-corrected chi connectivity index (χ2v) is 3.95. The number of phenolic OH excluding ortho intramolecular Hbond substituents is 1. The minimum absolute atomic E-state index is 0.0328. The van der Waals surface area contributed by atoms with Crippen molar-refractivity contribution < 1.29 is 32.9 Å². The van der Waals surface area contributed by atoms with Crippen molar-refractivity contribution in [3.63, 3.8) is 0 Å². The molecular formula is C11H10ClF3O4. The van der Waals surface area contributed by atoms with Crippen molar-refractivity contribution in [2.24, 2.45) is 0 Å². The van der Waals surface area contributed by atoms with Crippen LogP contribution in [0.2, 0.25) is 5.02 Å². The molecule has 0 aromatic heterocycles. The summed E-state index contributed by atoms with van der Waals surface area (Å²) in [6.07, 6.45) is -6.65. The normalized spacial score (nSPS) is 13.2. The Balaban J connectivity index is 3.21. The first kappa shape index (κ1) is 15.6. The Morgan fingerprint density at radius 3 is 2.47 bits per heavy atom. The molecule has 4 nitrogen and oxygen atoms in total. The van der Waals surface area contributed by atoms with Gasteiger partial charge in [-0.15, -0.1) is 0 Å². The minimum atomic E-state index is -4.70. The molecule has 0 aliphatic rings. The van der Waals surface area contributed by atoms with Crippen molar-refractivity contribution in [1.29, 1.82) is 0 Å². The van der Waals surface area contributed by atoms with Gasteiger partial charge < -0.3 is 14.9 Å². The quantitative estimate of drug-likeness (QED) is 0.842. The molecule has 0 aliphatic carbocycles. The lowest BCUT2D eigenvalue weighted by molar-refractivity contribution is -0.153. The summed E-state index contributed by atoms with van der Waals surface area (Å²) < 4.78 is 41.8. The van der Waals surface area contributed by atoms with E-state index in [-0.39, 0.29) is 6.61 Å². The van der Waals surface area contributed by atoms with Crippen LogP contribution >= 0.6 is 11.6 Å². The molecule has 0 aliphatic heterocycles. The van der Waals surface area contributed by atoms with Gasteiger partial charge in [0.05, 0.1) is 22.8 Å². The summed E-state index contributed by atoms with van der Waals surface area (Å²) >= 11 is 5.55. The Bertz CT molecular complexity index is 464. The number of hydrogen-bond acceptors (Lipinski definition) is 4. The molecule has 0 heterocycles.